The van der Waals surface area contributed by atoms with Crippen LogP contribution in [0.5, 0.6) is 5.75 Å². The minimum atomic E-state index is -0.184. The van der Waals surface area contributed by atoms with Crippen molar-refractivity contribution in [2.24, 2.45) is 0 Å². The molecule has 1 N–H and O–H groups in total. The third kappa shape index (κ3) is 2.18. The van der Waals surface area contributed by atoms with Gasteiger partial charge >= 0.3 is 0 Å². The molecule has 23 heavy (non-hydrogen) atoms. The number of para-hydroxylation sites is 1. The molecule has 1 aromatic carbocycles. The van der Waals surface area contributed by atoms with Gasteiger partial charge in [-0.05, 0) is 6.07 Å². The standard InChI is InChI=1S/C16H13N5O2/c1-23-14-5-3-2-4-12(14)11-8-17-21(10-11)13-9-18-20-7-6-15(22)19-16(13)20/h2-10H,1H3,(H,19,22). The quantitative estimate of drug-likeness (QED) is 0.627. The number of benzene rings is 1. The topological polar surface area (TPSA) is 77.2 Å². The predicted molar refractivity (Wildman–Crippen MR) is 84.9 cm³/mol. The lowest BCUT2D eigenvalue weighted by molar-refractivity contribution is 0.416. The second kappa shape index (κ2) is 5.13. The summed E-state index contributed by atoms with van der Waals surface area (Å²) in [5.74, 6) is 0.778. The average molecular weight is 307 g/mol. The minimum Gasteiger partial charge on any atom is -0.496 e. The van der Waals surface area contributed by atoms with Gasteiger partial charge in [0.05, 0.1) is 19.5 Å². The molecule has 0 fully saturated rings. The number of methoxy groups -OCH3 is 1. The molecule has 114 valence electrons. The largest absolute Gasteiger partial charge is 0.496 e. The zero-order valence-electron chi connectivity index (χ0n) is 12.3. The second-order valence-electron chi connectivity index (χ2n) is 5.00. The summed E-state index contributed by atoms with van der Waals surface area (Å²) in [6.07, 6.45) is 6.90. The Morgan fingerprint density at radius 2 is 2.00 bits per heavy atom. The van der Waals surface area contributed by atoms with Crippen LogP contribution in [0.25, 0.3) is 22.5 Å². The van der Waals surface area contributed by atoms with E-state index >= 15 is 0 Å². The van der Waals surface area contributed by atoms with Crippen LogP contribution in [0.4, 0.5) is 0 Å². The molecule has 7 nitrogen and oxygen atoms in total. The van der Waals surface area contributed by atoms with Crippen molar-refractivity contribution in [2.45, 2.75) is 0 Å². The normalized spacial score (nSPS) is 11.0. The van der Waals surface area contributed by atoms with Gasteiger partial charge in [-0.1, -0.05) is 18.2 Å². The van der Waals surface area contributed by atoms with Gasteiger partial charge < -0.3 is 9.72 Å². The van der Waals surface area contributed by atoms with Crippen LogP contribution in [0.2, 0.25) is 0 Å². The molecule has 3 aromatic heterocycles. The Balaban J connectivity index is 1.84. The van der Waals surface area contributed by atoms with Gasteiger partial charge in [-0.3, -0.25) is 4.79 Å². The van der Waals surface area contributed by atoms with E-state index in [4.69, 9.17) is 4.74 Å². The number of rotatable bonds is 3. The summed E-state index contributed by atoms with van der Waals surface area (Å²) in [6, 6.07) is 9.16. The van der Waals surface area contributed by atoms with E-state index in [0.717, 1.165) is 16.9 Å². The predicted octanol–water partition coefficient (Wildman–Crippen LogP) is 1.88. The Kier molecular flexibility index (Phi) is 2.97. The van der Waals surface area contributed by atoms with Gasteiger partial charge in [-0.15, -0.1) is 0 Å². The molecule has 0 aliphatic rings. The van der Waals surface area contributed by atoms with Crippen LogP contribution in [0, 0.1) is 0 Å². The Labute approximate surface area is 130 Å². The number of nitrogens with one attached hydrogen (secondary N) is 1. The molecule has 0 saturated carbocycles. The van der Waals surface area contributed by atoms with Gasteiger partial charge in [0, 0.05) is 29.6 Å². The van der Waals surface area contributed by atoms with Gasteiger partial charge in [-0.2, -0.15) is 10.2 Å². The van der Waals surface area contributed by atoms with Crippen LogP contribution < -0.4 is 10.3 Å². The van der Waals surface area contributed by atoms with Gasteiger partial charge in [0.25, 0.3) is 5.56 Å². The first-order valence-corrected chi connectivity index (χ1v) is 7.01. The minimum absolute atomic E-state index is 0.184. The molecule has 0 aliphatic heterocycles. The number of fused-ring (bicyclic) bond motifs is 1. The maximum absolute atomic E-state index is 11.5. The highest BCUT2D eigenvalue weighted by Gasteiger charge is 2.11. The summed E-state index contributed by atoms with van der Waals surface area (Å²) in [5.41, 5.74) is 2.97. The number of hydrogen-bond donors (Lipinski definition) is 1. The molecule has 0 unspecified atom stereocenters. The zero-order chi connectivity index (χ0) is 15.8. The summed E-state index contributed by atoms with van der Waals surface area (Å²) in [6.45, 7) is 0. The van der Waals surface area contributed by atoms with Crippen LogP contribution in [0.3, 0.4) is 0 Å². The Morgan fingerprint density at radius 3 is 2.87 bits per heavy atom. The maximum atomic E-state index is 11.5. The molecule has 7 heteroatoms. The van der Waals surface area contributed by atoms with Crippen LogP contribution >= 0.6 is 0 Å². The van der Waals surface area contributed by atoms with E-state index < -0.39 is 0 Å². The monoisotopic (exact) mass is 307 g/mol. The molecule has 0 spiro atoms. The van der Waals surface area contributed by atoms with E-state index in [1.807, 2.05) is 30.5 Å². The van der Waals surface area contributed by atoms with Crippen LogP contribution in [-0.4, -0.2) is 31.5 Å². The highest BCUT2D eigenvalue weighted by molar-refractivity contribution is 5.70. The molecule has 4 aromatic rings. The third-order valence-corrected chi connectivity index (χ3v) is 3.63. The summed E-state index contributed by atoms with van der Waals surface area (Å²) in [5, 5.41) is 8.59. The lowest BCUT2D eigenvalue weighted by Crippen LogP contribution is -2.07. The van der Waals surface area contributed by atoms with E-state index in [0.29, 0.717) is 11.3 Å². The number of aromatic nitrogens is 5. The highest BCUT2D eigenvalue weighted by Crippen LogP contribution is 2.29. The Hall–Kier alpha value is -3.35. The van der Waals surface area contributed by atoms with Crippen molar-refractivity contribution in [3.8, 4) is 22.6 Å². The van der Waals surface area contributed by atoms with Gasteiger partial charge in [0.1, 0.15) is 11.4 Å². The Bertz CT molecular complexity index is 1040. The Morgan fingerprint density at radius 1 is 1.13 bits per heavy atom. The van der Waals surface area contributed by atoms with Crippen LogP contribution in [-0.2, 0) is 0 Å². The zero-order valence-corrected chi connectivity index (χ0v) is 12.3. The number of aromatic amines is 1. The molecule has 0 atom stereocenters. The molecule has 0 amide bonds. The lowest BCUT2D eigenvalue weighted by atomic mass is 10.1. The summed E-state index contributed by atoms with van der Waals surface area (Å²) in [4.78, 5) is 14.3. The van der Waals surface area contributed by atoms with Crippen molar-refractivity contribution in [1.82, 2.24) is 24.4 Å². The molecule has 3 heterocycles. The molecule has 0 aliphatic carbocycles. The van der Waals surface area contributed by atoms with E-state index in [2.05, 4.69) is 15.2 Å². The molecule has 4 rings (SSSR count). The van der Waals surface area contributed by atoms with Crippen molar-refractivity contribution in [3.63, 3.8) is 0 Å². The highest BCUT2D eigenvalue weighted by atomic mass is 16.5. The number of H-pyrrole nitrogens is 1. The molecular formula is C16H13N5O2. The van der Waals surface area contributed by atoms with Gasteiger partial charge in [0.2, 0.25) is 0 Å². The average Bonchev–Trinajstić information content (AvgIpc) is 3.21. The van der Waals surface area contributed by atoms with Crippen molar-refractivity contribution < 1.29 is 4.74 Å². The van der Waals surface area contributed by atoms with Gasteiger partial charge in [0.15, 0.2) is 5.65 Å². The fraction of sp³-hybridized carbons (Fsp3) is 0.0625. The van der Waals surface area contributed by atoms with Crippen LogP contribution in [0.1, 0.15) is 0 Å². The molecule has 0 saturated heterocycles. The third-order valence-electron chi connectivity index (χ3n) is 3.63. The first-order valence-electron chi connectivity index (χ1n) is 7.01. The molecule has 0 radical (unpaired) electrons. The summed E-state index contributed by atoms with van der Waals surface area (Å²) in [7, 11) is 1.64. The first-order chi connectivity index (χ1) is 11.3. The number of ether oxygens (including phenoxy) is 1. The van der Waals surface area contributed by atoms with E-state index in [-0.39, 0.29) is 5.56 Å². The van der Waals surface area contributed by atoms with Gasteiger partial charge in [-0.25, -0.2) is 9.20 Å². The summed E-state index contributed by atoms with van der Waals surface area (Å²) >= 11 is 0. The van der Waals surface area contributed by atoms with E-state index in [1.165, 1.54) is 6.07 Å². The fourth-order valence-electron chi connectivity index (χ4n) is 2.53. The SMILES string of the molecule is COc1ccccc1-c1cnn(-c2cnn3ccc(=O)[nH]c23)c1. The van der Waals surface area contributed by atoms with Crippen LogP contribution in [0.15, 0.2) is 59.9 Å². The van der Waals surface area contributed by atoms with E-state index in [9.17, 15) is 4.79 Å². The molecule has 0 bridgehead atoms. The molecular weight excluding hydrogens is 294 g/mol. The fourth-order valence-corrected chi connectivity index (χ4v) is 2.53. The van der Waals surface area contributed by atoms with Crippen molar-refractivity contribution in [1.29, 1.82) is 0 Å². The second-order valence-corrected chi connectivity index (χ2v) is 5.00. The number of hydrogen-bond acceptors (Lipinski definition) is 4. The van der Waals surface area contributed by atoms with E-state index in [1.54, 1.807) is 34.9 Å². The van der Waals surface area contributed by atoms with Crippen molar-refractivity contribution in [2.75, 3.05) is 7.11 Å². The number of nitrogens with zero attached hydrogens (tertiary/aromatic N) is 4. The lowest BCUT2D eigenvalue weighted by Gasteiger charge is -2.05. The first kappa shape index (κ1) is 13.3. The summed E-state index contributed by atoms with van der Waals surface area (Å²) < 4.78 is 8.66. The smallest absolute Gasteiger partial charge is 0.251 e. The van der Waals surface area contributed by atoms with Crippen molar-refractivity contribution in [3.05, 3.63) is 65.5 Å². The van der Waals surface area contributed by atoms with Crippen molar-refractivity contribution >= 4 is 5.65 Å². The maximum Gasteiger partial charge on any atom is 0.251 e.